The fourth-order valence-corrected chi connectivity index (χ4v) is 1.85. The normalized spacial score (nSPS) is 14.8. The zero-order valence-corrected chi connectivity index (χ0v) is 15.1. The van der Waals surface area contributed by atoms with E-state index in [1.54, 1.807) is 5.32 Å². The van der Waals surface area contributed by atoms with Gasteiger partial charge in [-0.2, -0.15) is 39.5 Å². The summed E-state index contributed by atoms with van der Waals surface area (Å²) in [7, 11) is 1.28. The van der Waals surface area contributed by atoms with Crippen LogP contribution in [0.3, 0.4) is 0 Å². The lowest BCUT2D eigenvalue weighted by molar-refractivity contribution is -0.384. The standard InChI is InChI=1S/C16H17F9N2O/c1-12(2,3)27-11(26-9-5-7-10(28-4)8-6-9)13(17,18)14(19,20)15(21,22)16(23,24)25/h5-8H,1-4H3,(H,26,27). The fourth-order valence-electron chi connectivity index (χ4n) is 1.85. The van der Waals surface area contributed by atoms with Gasteiger partial charge >= 0.3 is 23.9 Å². The molecule has 0 aromatic heterocycles. The zero-order valence-electron chi connectivity index (χ0n) is 15.1. The van der Waals surface area contributed by atoms with Crippen molar-refractivity contribution in [3.63, 3.8) is 0 Å². The molecule has 0 atom stereocenters. The molecule has 3 nitrogen and oxygen atoms in total. The number of rotatable bonds is 5. The number of methoxy groups -OCH3 is 1. The highest BCUT2D eigenvalue weighted by Gasteiger charge is 2.83. The average molecular weight is 424 g/mol. The summed E-state index contributed by atoms with van der Waals surface area (Å²) < 4.78 is 124. The maximum Gasteiger partial charge on any atom is 0.460 e. The number of hydrogen-bond donors (Lipinski definition) is 1. The summed E-state index contributed by atoms with van der Waals surface area (Å²) in [5.41, 5.74) is -1.82. The topological polar surface area (TPSA) is 33.6 Å². The molecule has 1 aromatic carbocycles. The first-order valence-corrected chi connectivity index (χ1v) is 7.58. The highest BCUT2D eigenvalue weighted by Crippen LogP contribution is 2.53. The quantitative estimate of drug-likeness (QED) is 0.370. The van der Waals surface area contributed by atoms with Gasteiger partial charge in [0, 0.05) is 5.69 Å². The van der Waals surface area contributed by atoms with Crippen molar-refractivity contribution < 1.29 is 44.3 Å². The molecule has 28 heavy (non-hydrogen) atoms. The first-order valence-electron chi connectivity index (χ1n) is 7.58. The first kappa shape index (κ1) is 23.9. The molecule has 0 aliphatic rings. The van der Waals surface area contributed by atoms with Crippen molar-refractivity contribution in [3.8, 4) is 5.75 Å². The van der Waals surface area contributed by atoms with Crippen LogP contribution in [0.1, 0.15) is 20.8 Å². The highest BCUT2D eigenvalue weighted by atomic mass is 19.4. The van der Waals surface area contributed by atoms with Crippen LogP contribution >= 0.6 is 0 Å². The second kappa shape index (κ2) is 7.36. The van der Waals surface area contributed by atoms with E-state index in [2.05, 4.69) is 4.99 Å². The van der Waals surface area contributed by atoms with Gasteiger partial charge in [0.1, 0.15) is 5.75 Å². The molecule has 0 radical (unpaired) electrons. The van der Waals surface area contributed by atoms with Gasteiger partial charge in [0.2, 0.25) is 0 Å². The largest absolute Gasteiger partial charge is 0.497 e. The number of amidine groups is 1. The summed E-state index contributed by atoms with van der Waals surface area (Å²) in [5, 5.41) is 1.72. The monoisotopic (exact) mass is 424 g/mol. The van der Waals surface area contributed by atoms with Gasteiger partial charge in [-0.25, -0.2) is 0 Å². The SMILES string of the molecule is COc1ccc(NC(=NC(C)(C)C)C(F)(F)C(F)(F)C(F)(F)C(F)(F)F)cc1. The van der Waals surface area contributed by atoms with Crippen molar-refractivity contribution in [2.75, 3.05) is 12.4 Å². The Hall–Kier alpha value is -2.14. The third-order valence-electron chi connectivity index (χ3n) is 3.24. The maximum absolute atomic E-state index is 14.3. The lowest BCUT2D eigenvalue weighted by atomic mass is 10.0. The molecule has 1 rings (SSSR count). The minimum Gasteiger partial charge on any atom is -0.497 e. The van der Waals surface area contributed by atoms with E-state index in [9.17, 15) is 39.5 Å². The highest BCUT2D eigenvalue weighted by molar-refractivity contribution is 6.01. The molecule has 0 amide bonds. The molecule has 0 heterocycles. The molecule has 1 aromatic rings. The van der Waals surface area contributed by atoms with Crippen LogP contribution < -0.4 is 10.1 Å². The molecule has 1 N–H and O–H groups in total. The van der Waals surface area contributed by atoms with Crippen LogP contribution in [0.4, 0.5) is 45.2 Å². The predicted octanol–water partition coefficient (Wildman–Crippen LogP) is 5.77. The van der Waals surface area contributed by atoms with Crippen molar-refractivity contribution in [3.05, 3.63) is 24.3 Å². The van der Waals surface area contributed by atoms with Crippen LogP contribution in [0.5, 0.6) is 5.75 Å². The van der Waals surface area contributed by atoms with E-state index in [1.807, 2.05) is 0 Å². The lowest BCUT2D eigenvalue weighted by Gasteiger charge is -2.35. The van der Waals surface area contributed by atoms with E-state index in [4.69, 9.17) is 4.74 Å². The summed E-state index contributed by atoms with van der Waals surface area (Å²) in [6, 6.07) is 4.57. The van der Waals surface area contributed by atoms with Crippen molar-refractivity contribution in [2.45, 2.75) is 50.3 Å². The van der Waals surface area contributed by atoms with Crippen LogP contribution in [-0.4, -0.2) is 42.4 Å². The Morgan fingerprint density at radius 3 is 1.64 bits per heavy atom. The van der Waals surface area contributed by atoms with E-state index < -0.39 is 35.3 Å². The fraction of sp³-hybridized carbons (Fsp3) is 0.562. The summed E-state index contributed by atoms with van der Waals surface area (Å²) in [6.45, 7) is 3.50. The Morgan fingerprint density at radius 1 is 0.821 bits per heavy atom. The van der Waals surface area contributed by atoms with E-state index in [0.29, 0.717) is 0 Å². The molecule has 0 aliphatic carbocycles. The number of nitrogens with one attached hydrogen (secondary N) is 1. The molecule has 0 fully saturated rings. The van der Waals surface area contributed by atoms with Crippen molar-refractivity contribution in [2.24, 2.45) is 4.99 Å². The molecule has 0 bridgehead atoms. The predicted molar refractivity (Wildman–Crippen MR) is 84.7 cm³/mol. The first-order chi connectivity index (χ1) is 12.4. The van der Waals surface area contributed by atoms with Crippen LogP contribution in [0.15, 0.2) is 29.3 Å². The third-order valence-corrected chi connectivity index (χ3v) is 3.24. The molecule has 0 saturated carbocycles. The van der Waals surface area contributed by atoms with E-state index in [0.717, 1.165) is 12.1 Å². The third kappa shape index (κ3) is 4.64. The molecule has 0 saturated heterocycles. The number of alkyl halides is 9. The number of nitrogens with zero attached hydrogens (tertiary/aromatic N) is 1. The van der Waals surface area contributed by atoms with Crippen LogP contribution in [0.25, 0.3) is 0 Å². The Bertz CT molecular complexity index is 704. The van der Waals surface area contributed by atoms with Gasteiger partial charge < -0.3 is 10.1 Å². The zero-order chi connectivity index (χ0) is 22.2. The van der Waals surface area contributed by atoms with Gasteiger partial charge in [-0.1, -0.05) is 0 Å². The van der Waals surface area contributed by atoms with Gasteiger partial charge in [0.25, 0.3) is 0 Å². The smallest absolute Gasteiger partial charge is 0.460 e. The van der Waals surface area contributed by atoms with Crippen molar-refractivity contribution in [1.29, 1.82) is 0 Å². The van der Waals surface area contributed by atoms with Gasteiger partial charge in [-0.15, -0.1) is 0 Å². The number of hydrogen-bond acceptors (Lipinski definition) is 2. The summed E-state index contributed by atoms with van der Waals surface area (Å²) in [6.07, 6.45) is -6.91. The number of aliphatic imine (C=N–C) groups is 1. The van der Waals surface area contributed by atoms with Gasteiger partial charge in [-0.3, -0.25) is 4.99 Å². The molecular formula is C16H17F9N2O. The van der Waals surface area contributed by atoms with E-state index in [-0.39, 0.29) is 11.4 Å². The molecule has 12 heteroatoms. The van der Waals surface area contributed by atoms with Crippen molar-refractivity contribution in [1.82, 2.24) is 0 Å². The Kier molecular flexibility index (Phi) is 6.28. The number of ether oxygens (including phenoxy) is 1. The second-order valence-electron chi connectivity index (χ2n) is 6.71. The Morgan fingerprint density at radius 2 is 1.29 bits per heavy atom. The van der Waals surface area contributed by atoms with Crippen LogP contribution in [0, 0.1) is 0 Å². The van der Waals surface area contributed by atoms with Crippen LogP contribution in [0.2, 0.25) is 0 Å². The molecular weight excluding hydrogens is 407 g/mol. The summed E-state index contributed by atoms with van der Waals surface area (Å²) in [5.74, 6) is -21.6. The Labute approximate surface area is 154 Å². The van der Waals surface area contributed by atoms with E-state index in [1.165, 1.54) is 40.0 Å². The molecule has 0 aliphatic heterocycles. The summed E-state index contributed by atoms with van der Waals surface area (Å²) >= 11 is 0. The average Bonchev–Trinajstić information content (AvgIpc) is 2.52. The van der Waals surface area contributed by atoms with Gasteiger partial charge in [0.05, 0.1) is 12.6 Å². The van der Waals surface area contributed by atoms with E-state index >= 15 is 0 Å². The Balaban J connectivity index is 3.49. The molecule has 160 valence electrons. The number of anilines is 1. The maximum atomic E-state index is 14.3. The second-order valence-corrected chi connectivity index (χ2v) is 6.71. The minimum absolute atomic E-state index is 0.251. The molecule has 0 spiro atoms. The minimum atomic E-state index is -7.01. The lowest BCUT2D eigenvalue weighted by Crippen LogP contribution is -2.64. The van der Waals surface area contributed by atoms with Gasteiger partial charge in [-0.05, 0) is 45.0 Å². The van der Waals surface area contributed by atoms with Gasteiger partial charge in [0.15, 0.2) is 5.84 Å². The number of benzene rings is 1. The summed E-state index contributed by atoms with van der Waals surface area (Å²) in [4.78, 5) is 3.22. The van der Waals surface area contributed by atoms with Crippen molar-refractivity contribution >= 4 is 11.5 Å². The van der Waals surface area contributed by atoms with Crippen LogP contribution in [-0.2, 0) is 0 Å². The number of halogens is 9. The molecule has 0 unspecified atom stereocenters.